The molecular formula is C14H23N3OS. The molecule has 2 aliphatic rings. The SMILES string of the molecule is CCN(CC)c1ncc(CNC2CC3CCC2O3)s1. The molecule has 1 N–H and O–H groups in total. The minimum absolute atomic E-state index is 0.458. The zero-order valence-corrected chi connectivity index (χ0v) is 12.6. The molecule has 0 aliphatic carbocycles. The van der Waals surface area contributed by atoms with Crippen molar-refractivity contribution in [2.75, 3.05) is 18.0 Å². The first-order valence-corrected chi connectivity index (χ1v) is 8.20. The Morgan fingerprint density at radius 1 is 1.42 bits per heavy atom. The molecule has 0 amide bonds. The van der Waals surface area contributed by atoms with E-state index in [1.807, 2.05) is 6.20 Å². The van der Waals surface area contributed by atoms with Crippen LogP contribution < -0.4 is 10.2 Å². The standard InChI is InChI=1S/C14H23N3OS/c1-3-17(4-2)14-16-9-11(19-14)8-15-12-7-10-5-6-13(12)18-10/h9-10,12-13,15H,3-8H2,1-2H3. The number of thiazole rings is 1. The molecule has 4 nitrogen and oxygen atoms in total. The van der Waals surface area contributed by atoms with Gasteiger partial charge in [-0.25, -0.2) is 4.98 Å². The smallest absolute Gasteiger partial charge is 0.185 e. The van der Waals surface area contributed by atoms with Gasteiger partial charge in [-0.05, 0) is 33.1 Å². The van der Waals surface area contributed by atoms with Crippen LogP contribution in [-0.2, 0) is 11.3 Å². The number of anilines is 1. The van der Waals surface area contributed by atoms with Crippen LogP contribution in [0.4, 0.5) is 5.13 Å². The molecule has 19 heavy (non-hydrogen) atoms. The largest absolute Gasteiger partial charge is 0.373 e. The average molecular weight is 281 g/mol. The summed E-state index contributed by atoms with van der Waals surface area (Å²) in [5.74, 6) is 0. The van der Waals surface area contributed by atoms with Crippen LogP contribution in [-0.4, -0.2) is 36.3 Å². The second-order valence-corrected chi connectivity index (χ2v) is 6.47. The highest BCUT2D eigenvalue weighted by molar-refractivity contribution is 7.15. The first-order valence-electron chi connectivity index (χ1n) is 7.38. The van der Waals surface area contributed by atoms with E-state index in [1.54, 1.807) is 11.3 Å². The number of rotatable bonds is 6. The number of ether oxygens (including phenoxy) is 1. The van der Waals surface area contributed by atoms with Gasteiger partial charge in [-0.15, -0.1) is 11.3 Å². The minimum Gasteiger partial charge on any atom is -0.373 e. The Bertz CT molecular complexity index is 419. The van der Waals surface area contributed by atoms with Gasteiger partial charge in [-0.1, -0.05) is 0 Å². The molecule has 0 saturated carbocycles. The summed E-state index contributed by atoms with van der Waals surface area (Å²) in [7, 11) is 0. The first-order chi connectivity index (χ1) is 9.30. The fourth-order valence-electron chi connectivity index (χ4n) is 3.10. The van der Waals surface area contributed by atoms with Crippen LogP contribution in [0.1, 0.15) is 38.0 Å². The van der Waals surface area contributed by atoms with Gasteiger partial charge in [0.2, 0.25) is 0 Å². The van der Waals surface area contributed by atoms with Crippen LogP contribution in [0.3, 0.4) is 0 Å². The van der Waals surface area contributed by atoms with Crippen LogP contribution >= 0.6 is 11.3 Å². The van der Waals surface area contributed by atoms with E-state index in [4.69, 9.17) is 4.74 Å². The zero-order valence-electron chi connectivity index (χ0n) is 11.8. The Balaban J connectivity index is 1.53. The molecule has 0 radical (unpaired) electrons. The molecule has 2 bridgehead atoms. The van der Waals surface area contributed by atoms with Crippen molar-refractivity contribution in [3.05, 3.63) is 11.1 Å². The third-order valence-electron chi connectivity index (χ3n) is 4.22. The van der Waals surface area contributed by atoms with E-state index in [1.165, 1.54) is 24.1 Å². The lowest BCUT2D eigenvalue weighted by Gasteiger charge is -2.19. The van der Waals surface area contributed by atoms with Crippen molar-refractivity contribution < 1.29 is 4.74 Å². The molecule has 3 unspecified atom stereocenters. The van der Waals surface area contributed by atoms with Gasteiger partial charge < -0.3 is 15.0 Å². The van der Waals surface area contributed by atoms with Crippen molar-refractivity contribution in [3.63, 3.8) is 0 Å². The van der Waals surface area contributed by atoms with Gasteiger partial charge in [-0.2, -0.15) is 0 Å². The van der Waals surface area contributed by atoms with Crippen molar-refractivity contribution >= 4 is 16.5 Å². The minimum atomic E-state index is 0.458. The summed E-state index contributed by atoms with van der Waals surface area (Å²) in [5, 5.41) is 4.79. The quantitative estimate of drug-likeness (QED) is 0.869. The van der Waals surface area contributed by atoms with E-state index in [0.29, 0.717) is 18.2 Å². The lowest BCUT2D eigenvalue weighted by molar-refractivity contribution is 0.0973. The summed E-state index contributed by atoms with van der Waals surface area (Å²) in [4.78, 5) is 8.15. The molecule has 5 heteroatoms. The first kappa shape index (κ1) is 13.3. The zero-order chi connectivity index (χ0) is 13.2. The Hall–Kier alpha value is -0.650. The maximum Gasteiger partial charge on any atom is 0.185 e. The van der Waals surface area contributed by atoms with Gasteiger partial charge in [0.05, 0.1) is 12.2 Å². The topological polar surface area (TPSA) is 37.4 Å². The number of hydrogen-bond acceptors (Lipinski definition) is 5. The molecule has 3 heterocycles. The van der Waals surface area contributed by atoms with Crippen molar-refractivity contribution in [1.82, 2.24) is 10.3 Å². The third-order valence-corrected chi connectivity index (χ3v) is 5.28. The molecule has 0 aromatic carbocycles. The van der Waals surface area contributed by atoms with E-state index >= 15 is 0 Å². The molecule has 1 aromatic rings. The van der Waals surface area contributed by atoms with Crippen molar-refractivity contribution in [2.24, 2.45) is 0 Å². The fourth-order valence-corrected chi connectivity index (χ4v) is 4.09. The Morgan fingerprint density at radius 3 is 2.89 bits per heavy atom. The van der Waals surface area contributed by atoms with Crippen LogP contribution in [0.2, 0.25) is 0 Å². The Labute approximate surface area is 119 Å². The molecule has 2 aliphatic heterocycles. The van der Waals surface area contributed by atoms with Crippen molar-refractivity contribution in [3.8, 4) is 0 Å². The predicted octanol–water partition coefficient (Wildman–Crippen LogP) is 2.40. The van der Waals surface area contributed by atoms with Gasteiger partial charge in [0.15, 0.2) is 5.13 Å². The Kier molecular flexibility index (Phi) is 4.05. The van der Waals surface area contributed by atoms with Gasteiger partial charge in [-0.3, -0.25) is 0 Å². The van der Waals surface area contributed by atoms with Crippen molar-refractivity contribution in [1.29, 1.82) is 0 Å². The van der Waals surface area contributed by atoms with Gasteiger partial charge >= 0.3 is 0 Å². The van der Waals surface area contributed by atoms with Gasteiger partial charge in [0.1, 0.15) is 0 Å². The van der Waals surface area contributed by atoms with Crippen molar-refractivity contribution in [2.45, 2.75) is 57.9 Å². The summed E-state index contributed by atoms with van der Waals surface area (Å²) in [5.41, 5.74) is 0. The van der Waals surface area contributed by atoms with E-state index in [9.17, 15) is 0 Å². The highest BCUT2D eigenvalue weighted by Crippen LogP contribution is 2.34. The lowest BCUT2D eigenvalue weighted by atomic mass is 9.95. The fraction of sp³-hybridized carbons (Fsp3) is 0.786. The van der Waals surface area contributed by atoms with E-state index in [-0.39, 0.29) is 0 Å². The van der Waals surface area contributed by atoms with E-state index in [0.717, 1.165) is 24.8 Å². The lowest BCUT2D eigenvalue weighted by Crippen LogP contribution is -2.36. The van der Waals surface area contributed by atoms with Crippen LogP contribution in [0.15, 0.2) is 6.20 Å². The van der Waals surface area contributed by atoms with Gasteiger partial charge in [0.25, 0.3) is 0 Å². The number of nitrogens with zero attached hydrogens (tertiary/aromatic N) is 2. The molecule has 2 fully saturated rings. The van der Waals surface area contributed by atoms with Crippen LogP contribution in [0, 0.1) is 0 Å². The van der Waals surface area contributed by atoms with E-state index < -0.39 is 0 Å². The van der Waals surface area contributed by atoms with Crippen LogP contribution in [0.5, 0.6) is 0 Å². The maximum atomic E-state index is 5.87. The summed E-state index contributed by atoms with van der Waals surface area (Å²) in [6.07, 6.45) is 6.67. The average Bonchev–Trinajstić information content (AvgIpc) is 3.14. The number of hydrogen-bond donors (Lipinski definition) is 1. The summed E-state index contributed by atoms with van der Waals surface area (Å²) < 4.78 is 5.87. The van der Waals surface area contributed by atoms with E-state index in [2.05, 4.69) is 29.0 Å². The number of nitrogens with one attached hydrogen (secondary N) is 1. The monoisotopic (exact) mass is 281 g/mol. The second-order valence-electron chi connectivity index (χ2n) is 5.38. The molecule has 2 saturated heterocycles. The molecular weight excluding hydrogens is 258 g/mol. The van der Waals surface area contributed by atoms with Gasteiger partial charge in [0, 0.05) is 36.8 Å². The highest BCUT2D eigenvalue weighted by Gasteiger charge is 2.40. The Morgan fingerprint density at radius 2 is 2.26 bits per heavy atom. The summed E-state index contributed by atoms with van der Waals surface area (Å²) in [6.45, 7) is 7.33. The normalized spacial score (nSPS) is 29.1. The summed E-state index contributed by atoms with van der Waals surface area (Å²) in [6, 6.07) is 0.553. The third kappa shape index (κ3) is 2.78. The number of aromatic nitrogens is 1. The number of fused-ring (bicyclic) bond motifs is 2. The highest BCUT2D eigenvalue weighted by atomic mass is 32.1. The molecule has 106 valence electrons. The summed E-state index contributed by atoms with van der Waals surface area (Å²) >= 11 is 1.81. The molecule has 3 rings (SSSR count). The molecule has 3 atom stereocenters. The molecule has 0 spiro atoms. The maximum absolute atomic E-state index is 5.87. The van der Waals surface area contributed by atoms with Crippen LogP contribution in [0.25, 0.3) is 0 Å². The molecule has 1 aromatic heterocycles. The second kappa shape index (κ2) is 5.77. The predicted molar refractivity (Wildman–Crippen MR) is 78.8 cm³/mol.